The van der Waals surface area contributed by atoms with Crippen LogP contribution in [0.25, 0.3) is 0 Å². The average Bonchev–Trinajstić information content (AvgIpc) is 3.39. The van der Waals surface area contributed by atoms with E-state index in [-0.39, 0.29) is 49.4 Å². The maximum absolute atomic E-state index is 14.0. The summed E-state index contributed by atoms with van der Waals surface area (Å²) in [4.78, 5) is 41.0. The number of nitrogens with one attached hydrogen (secondary N) is 1. The van der Waals surface area contributed by atoms with Gasteiger partial charge in [0.25, 0.3) is 0 Å². The van der Waals surface area contributed by atoms with Crippen molar-refractivity contribution < 1.29 is 28.2 Å². The van der Waals surface area contributed by atoms with E-state index < -0.39 is 6.17 Å². The fourth-order valence-corrected chi connectivity index (χ4v) is 5.26. The largest absolute Gasteiger partial charge is 0.469 e. The molecule has 0 saturated carbocycles. The number of hydrogen-bond acceptors (Lipinski definition) is 5. The molecule has 0 fully saturated rings. The summed E-state index contributed by atoms with van der Waals surface area (Å²) in [5.41, 5.74) is 3.11. The van der Waals surface area contributed by atoms with Gasteiger partial charge in [-0.05, 0) is 68.9 Å². The van der Waals surface area contributed by atoms with Gasteiger partial charge in [0.05, 0.1) is 49.4 Å². The summed E-state index contributed by atoms with van der Waals surface area (Å²) < 4.78 is 24.6. The molecule has 3 unspecified atom stereocenters. The number of methoxy groups -OCH3 is 1. The predicted octanol–water partition coefficient (Wildman–Crippen LogP) is 6.05. The van der Waals surface area contributed by atoms with Gasteiger partial charge in [0, 0.05) is 18.8 Å². The highest BCUT2D eigenvalue weighted by Crippen LogP contribution is 2.30. The van der Waals surface area contributed by atoms with E-state index >= 15 is 0 Å². The van der Waals surface area contributed by atoms with Crippen LogP contribution in [-0.4, -0.2) is 68.4 Å². The van der Waals surface area contributed by atoms with Gasteiger partial charge in [-0.2, -0.15) is 0 Å². The molecule has 3 rings (SSSR count). The Balaban J connectivity index is 1.54. The number of anilines is 2. The second-order valence-corrected chi connectivity index (χ2v) is 10.9. The van der Waals surface area contributed by atoms with Crippen LogP contribution in [-0.2, 0) is 31.9 Å². The third-order valence-electron chi connectivity index (χ3n) is 7.29. The lowest BCUT2D eigenvalue weighted by atomic mass is 10.0. The lowest BCUT2D eigenvalue weighted by molar-refractivity contribution is -0.146. The van der Waals surface area contributed by atoms with E-state index in [0.29, 0.717) is 48.7 Å². The average molecular weight is 590 g/mol. The SMILES string of the molecule is CCC(CCCOCC(C)N(CC(C)F)C(=O)Cc1ccc(NC(=O)N2CCc3ccccc32)c(Cl)c1)C(=O)OC. The summed E-state index contributed by atoms with van der Waals surface area (Å²) in [6, 6.07) is 12.2. The molecule has 1 heterocycles. The van der Waals surface area contributed by atoms with Gasteiger partial charge >= 0.3 is 12.0 Å². The van der Waals surface area contributed by atoms with Gasteiger partial charge in [-0.1, -0.05) is 42.8 Å². The number of carbonyl (C=O) groups excluding carboxylic acids is 3. The van der Waals surface area contributed by atoms with Crippen molar-refractivity contribution in [3.8, 4) is 0 Å². The van der Waals surface area contributed by atoms with Gasteiger partial charge in [-0.3, -0.25) is 14.5 Å². The van der Waals surface area contributed by atoms with E-state index in [9.17, 15) is 18.8 Å². The van der Waals surface area contributed by atoms with E-state index in [1.54, 1.807) is 23.1 Å². The van der Waals surface area contributed by atoms with Crippen molar-refractivity contribution in [1.29, 1.82) is 0 Å². The van der Waals surface area contributed by atoms with Crippen LogP contribution < -0.4 is 10.2 Å². The van der Waals surface area contributed by atoms with Crippen LogP contribution >= 0.6 is 11.6 Å². The lowest BCUT2D eigenvalue weighted by Crippen LogP contribution is -2.45. The predicted molar refractivity (Wildman–Crippen MR) is 159 cm³/mol. The number of nitrogens with zero attached hydrogens (tertiary/aromatic N) is 2. The molecule has 0 aliphatic carbocycles. The molecule has 224 valence electrons. The molecule has 3 atom stereocenters. The van der Waals surface area contributed by atoms with Crippen molar-refractivity contribution in [1.82, 2.24) is 4.90 Å². The second kappa shape index (κ2) is 15.7. The Labute approximate surface area is 247 Å². The number of ether oxygens (including phenoxy) is 2. The molecule has 0 aromatic heterocycles. The second-order valence-electron chi connectivity index (χ2n) is 10.5. The summed E-state index contributed by atoms with van der Waals surface area (Å²) in [5, 5.41) is 3.18. The summed E-state index contributed by atoms with van der Waals surface area (Å²) >= 11 is 6.48. The fraction of sp³-hybridized carbons (Fsp3) is 0.516. The standard InChI is InChI=1S/C31H41ClFN3O5/c1-5-24(30(38)40-4)10-8-16-41-20-22(3)36(19-21(2)33)29(37)18-23-12-13-27(26(32)17-23)34-31(39)35-15-14-25-9-6-7-11-28(25)35/h6-7,9,11-13,17,21-22,24H,5,8,10,14-16,18-20H2,1-4H3,(H,34,39). The number of rotatable bonds is 14. The molecule has 41 heavy (non-hydrogen) atoms. The first-order chi connectivity index (χ1) is 19.6. The molecular formula is C31H41ClFN3O5. The molecule has 0 radical (unpaired) electrons. The van der Waals surface area contributed by atoms with Crippen LogP contribution in [0.3, 0.4) is 0 Å². The topological polar surface area (TPSA) is 88.2 Å². The normalized spacial score (nSPS) is 14.6. The summed E-state index contributed by atoms with van der Waals surface area (Å²) in [6.07, 6.45) is 1.66. The maximum atomic E-state index is 14.0. The zero-order valence-corrected chi connectivity index (χ0v) is 25.1. The van der Waals surface area contributed by atoms with Gasteiger partial charge in [-0.25, -0.2) is 9.18 Å². The first kappa shape index (κ1) is 32.3. The van der Waals surface area contributed by atoms with Crippen LogP contribution in [0.5, 0.6) is 0 Å². The van der Waals surface area contributed by atoms with Gasteiger partial charge in [0.15, 0.2) is 0 Å². The van der Waals surface area contributed by atoms with Crippen LogP contribution in [0, 0.1) is 5.92 Å². The number of hydrogen-bond donors (Lipinski definition) is 1. The van der Waals surface area contributed by atoms with Crippen LogP contribution in [0.2, 0.25) is 5.02 Å². The van der Waals surface area contributed by atoms with E-state index in [2.05, 4.69) is 5.32 Å². The quantitative estimate of drug-likeness (QED) is 0.214. The molecule has 0 spiro atoms. The van der Waals surface area contributed by atoms with Crippen molar-refractivity contribution in [3.05, 3.63) is 58.6 Å². The van der Waals surface area contributed by atoms with Crippen molar-refractivity contribution in [2.24, 2.45) is 5.92 Å². The smallest absolute Gasteiger partial charge is 0.326 e. The fourth-order valence-electron chi connectivity index (χ4n) is 5.01. The molecule has 0 saturated heterocycles. The molecule has 8 nitrogen and oxygen atoms in total. The number of amides is 3. The minimum atomic E-state index is -1.20. The van der Waals surface area contributed by atoms with Gasteiger partial charge in [0.2, 0.25) is 5.91 Å². The number of esters is 1. The molecular weight excluding hydrogens is 549 g/mol. The third-order valence-corrected chi connectivity index (χ3v) is 7.60. The zero-order valence-electron chi connectivity index (χ0n) is 24.3. The van der Waals surface area contributed by atoms with Crippen LogP contribution in [0.15, 0.2) is 42.5 Å². The van der Waals surface area contributed by atoms with Crippen molar-refractivity contribution in [2.75, 3.05) is 43.6 Å². The summed E-state index contributed by atoms with van der Waals surface area (Å²) in [5.74, 6) is -0.624. The molecule has 3 amide bonds. The number of para-hydroxylation sites is 1. The van der Waals surface area contributed by atoms with Gasteiger partial charge in [-0.15, -0.1) is 0 Å². The van der Waals surface area contributed by atoms with Crippen LogP contribution in [0.4, 0.5) is 20.6 Å². The number of carbonyl (C=O) groups is 3. The molecule has 10 heteroatoms. The van der Waals surface area contributed by atoms with Crippen LogP contribution in [0.1, 0.15) is 51.2 Å². The Morgan fingerprint density at radius 1 is 1.17 bits per heavy atom. The monoisotopic (exact) mass is 589 g/mol. The highest BCUT2D eigenvalue weighted by Gasteiger charge is 2.26. The Bertz CT molecular complexity index is 1190. The van der Waals surface area contributed by atoms with E-state index in [4.69, 9.17) is 21.1 Å². The number of halogens is 2. The highest BCUT2D eigenvalue weighted by atomic mass is 35.5. The number of fused-ring (bicyclic) bond motifs is 1. The lowest BCUT2D eigenvalue weighted by Gasteiger charge is -2.30. The number of alkyl halides is 1. The minimum absolute atomic E-state index is 0.0296. The minimum Gasteiger partial charge on any atom is -0.469 e. The highest BCUT2D eigenvalue weighted by molar-refractivity contribution is 6.34. The Hall–Kier alpha value is -3.17. The third kappa shape index (κ3) is 9.16. The van der Waals surface area contributed by atoms with E-state index in [0.717, 1.165) is 17.7 Å². The molecule has 1 N–H and O–H groups in total. The number of benzene rings is 2. The molecule has 1 aliphatic rings. The van der Waals surface area contributed by atoms with Crippen molar-refractivity contribution >= 4 is 40.9 Å². The Kier molecular flexibility index (Phi) is 12.4. The number of urea groups is 1. The zero-order chi connectivity index (χ0) is 29.9. The Morgan fingerprint density at radius 2 is 1.93 bits per heavy atom. The van der Waals surface area contributed by atoms with Crippen molar-refractivity contribution in [2.45, 2.75) is 65.1 Å². The summed E-state index contributed by atoms with van der Waals surface area (Å²) in [6.45, 7) is 6.40. The van der Waals surface area contributed by atoms with Gasteiger partial charge < -0.3 is 19.7 Å². The summed E-state index contributed by atoms with van der Waals surface area (Å²) in [7, 11) is 1.38. The molecule has 1 aliphatic heterocycles. The van der Waals surface area contributed by atoms with E-state index in [1.807, 2.05) is 38.1 Å². The molecule has 0 bridgehead atoms. The van der Waals surface area contributed by atoms with E-state index in [1.165, 1.54) is 18.9 Å². The molecule has 2 aromatic carbocycles. The molecule has 2 aromatic rings. The first-order valence-corrected chi connectivity index (χ1v) is 14.6. The Morgan fingerprint density at radius 3 is 2.61 bits per heavy atom. The van der Waals surface area contributed by atoms with Gasteiger partial charge in [0.1, 0.15) is 6.17 Å². The van der Waals surface area contributed by atoms with Crippen molar-refractivity contribution in [3.63, 3.8) is 0 Å². The first-order valence-electron chi connectivity index (χ1n) is 14.2. The maximum Gasteiger partial charge on any atom is 0.326 e.